The van der Waals surface area contributed by atoms with E-state index < -0.39 is 0 Å². The number of H-pyrrole nitrogens is 1. The molecule has 2 N–H and O–H groups in total. The maximum Gasteiger partial charge on any atom is 0.170 e. The van der Waals surface area contributed by atoms with E-state index in [9.17, 15) is 0 Å². The molecule has 0 radical (unpaired) electrons. The van der Waals surface area contributed by atoms with E-state index in [1.807, 2.05) is 18.3 Å². The Balaban J connectivity index is 2.23. The van der Waals surface area contributed by atoms with Crippen LogP contribution in [0.2, 0.25) is 5.02 Å². The van der Waals surface area contributed by atoms with Gasteiger partial charge in [-0.3, -0.25) is 0 Å². The largest absolute Gasteiger partial charge is 0.339 e. The highest BCUT2D eigenvalue weighted by atomic mass is 35.5. The number of nitrogens with one attached hydrogen (secondary N) is 2. The molecule has 0 bridgehead atoms. The van der Waals surface area contributed by atoms with Gasteiger partial charge in [-0.25, -0.2) is 4.98 Å². The monoisotopic (exact) mass is 267 g/mol. The molecule has 2 aromatic rings. The van der Waals surface area contributed by atoms with Gasteiger partial charge < -0.3 is 10.3 Å². The second-order valence-electron chi connectivity index (χ2n) is 3.49. The van der Waals surface area contributed by atoms with Crippen molar-refractivity contribution in [1.29, 1.82) is 0 Å². The lowest BCUT2D eigenvalue weighted by atomic mass is 10.2. The lowest BCUT2D eigenvalue weighted by Crippen LogP contribution is -2.12. The summed E-state index contributed by atoms with van der Waals surface area (Å²) < 4.78 is 0. The molecule has 1 aromatic carbocycles. The van der Waals surface area contributed by atoms with Crippen molar-refractivity contribution in [3.8, 4) is 0 Å². The highest BCUT2D eigenvalue weighted by Crippen LogP contribution is 2.31. The van der Waals surface area contributed by atoms with Crippen LogP contribution in [0.25, 0.3) is 0 Å². The van der Waals surface area contributed by atoms with Crippen LogP contribution in [0.1, 0.15) is 12.5 Å². The number of imidazole rings is 1. The zero-order valence-electron chi connectivity index (χ0n) is 9.53. The summed E-state index contributed by atoms with van der Waals surface area (Å²) in [5.74, 6) is 0. The topological polar surface area (TPSA) is 40.7 Å². The fourth-order valence-electron chi connectivity index (χ4n) is 1.47. The van der Waals surface area contributed by atoms with E-state index in [0.717, 1.165) is 33.7 Å². The van der Waals surface area contributed by atoms with Gasteiger partial charge in [-0.1, -0.05) is 36.4 Å². The Bertz CT molecular complexity index is 471. The lowest BCUT2D eigenvalue weighted by molar-refractivity contribution is 0.718. The molecule has 17 heavy (non-hydrogen) atoms. The summed E-state index contributed by atoms with van der Waals surface area (Å²) in [6.45, 7) is 3.78. The predicted molar refractivity (Wildman–Crippen MR) is 71.5 cm³/mol. The van der Waals surface area contributed by atoms with Crippen LogP contribution < -0.4 is 5.32 Å². The van der Waals surface area contributed by atoms with Gasteiger partial charge in [0.25, 0.3) is 0 Å². The van der Waals surface area contributed by atoms with Crippen LogP contribution in [0, 0.1) is 0 Å². The van der Waals surface area contributed by atoms with Crippen LogP contribution in [0.3, 0.4) is 0 Å². The number of benzene rings is 1. The third-order valence-corrected chi connectivity index (χ3v) is 3.68. The van der Waals surface area contributed by atoms with Gasteiger partial charge in [0.05, 0.1) is 0 Å². The number of halogens is 1. The van der Waals surface area contributed by atoms with E-state index in [0.29, 0.717) is 0 Å². The molecule has 0 aliphatic heterocycles. The van der Waals surface area contributed by atoms with E-state index in [1.54, 1.807) is 18.0 Å². The van der Waals surface area contributed by atoms with Gasteiger partial charge in [-0.15, -0.1) is 0 Å². The zero-order chi connectivity index (χ0) is 12.1. The maximum atomic E-state index is 6.22. The molecule has 0 aliphatic carbocycles. The van der Waals surface area contributed by atoms with Crippen molar-refractivity contribution in [2.45, 2.75) is 23.5 Å². The maximum absolute atomic E-state index is 6.22. The molecule has 5 heteroatoms. The molecule has 0 aliphatic rings. The minimum absolute atomic E-state index is 0.777. The quantitative estimate of drug-likeness (QED) is 0.873. The van der Waals surface area contributed by atoms with Crippen molar-refractivity contribution < 1.29 is 0 Å². The van der Waals surface area contributed by atoms with Crippen molar-refractivity contribution in [3.05, 3.63) is 41.2 Å². The van der Waals surface area contributed by atoms with Crippen LogP contribution in [-0.2, 0) is 6.54 Å². The molecule has 0 spiro atoms. The van der Waals surface area contributed by atoms with Crippen LogP contribution in [0.4, 0.5) is 0 Å². The molecule has 3 nitrogen and oxygen atoms in total. The van der Waals surface area contributed by atoms with Gasteiger partial charge in [-0.2, -0.15) is 0 Å². The van der Waals surface area contributed by atoms with Crippen molar-refractivity contribution in [2.75, 3.05) is 6.54 Å². The summed E-state index contributed by atoms with van der Waals surface area (Å²) in [4.78, 5) is 8.42. The Labute approximate surface area is 110 Å². The normalized spacial score (nSPS) is 10.7. The van der Waals surface area contributed by atoms with E-state index >= 15 is 0 Å². The van der Waals surface area contributed by atoms with E-state index in [1.165, 1.54) is 0 Å². The Kier molecular flexibility index (Phi) is 4.48. The average Bonchev–Trinajstić information content (AvgIpc) is 2.81. The first-order valence-corrected chi connectivity index (χ1v) is 6.66. The number of aromatic amines is 1. The van der Waals surface area contributed by atoms with Crippen LogP contribution in [0.15, 0.2) is 40.6 Å². The first kappa shape index (κ1) is 12.5. The molecular weight excluding hydrogens is 254 g/mol. The van der Waals surface area contributed by atoms with Crippen LogP contribution in [-0.4, -0.2) is 16.5 Å². The molecule has 0 saturated carbocycles. The highest BCUT2D eigenvalue weighted by Gasteiger charge is 2.08. The van der Waals surface area contributed by atoms with Gasteiger partial charge >= 0.3 is 0 Å². The van der Waals surface area contributed by atoms with Crippen molar-refractivity contribution in [1.82, 2.24) is 15.3 Å². The molecule has 2 rings (SSSR count). The van der Waals surface area contributed by atoms with Gasteiger partial charge in [0.15, 0.2) is 5.16 Å². The van der Waals surface area contributed by atoms with Crippen LogP contribution in [0.5, 0.6) is 0 Å². The zero-order valence-corrected chi connectivity index (χ0v) is 11.1. The number of hydrogen-bond acceptors (Lipinski definition) is 3. The average molecular weight is 268 g/mol. The van der Waals surface area contributed by atoms with E-state index in [4.69, 9.17) is 11.6 Å². The van der Waals surface area contributed by atoms with Crippen molar-refractivity contribution in [3.63, 3.8) is 0 Å². The Hall–Kier alpha value is -0.970. The fraction of sp³-hybridized carbons (Fsp3) is 0.250. The molecule has 0 saturated heterocycles. The van der Waals surface area contributed by atoms with Gasteiger partial charge in [0, 0.05) is 28.9 Å². The third kappa shape index (κ3) is 3.25. The molecule has 1 aromatic heterocycles. The molecule has 0 unspecified atom stereocenters. The smallest absolute Gasteiger partial charge is 0.170 e. The molecule has 0 fully saturated rings. The SMILES string of the molecule is CCNCc1c(Cl)cccc1Sc1ncc[nH]1. The number of aromatic nitrogens is 2. The van der Waals surface area contributed by atoms with Gasteiger partial charge in [0.1, 0.15) is 0 Å². The summed E-state index contributed by atoms with van der Waals surface area (Å²) in [6, 6.07) is 5.94. The summed E-state index contributed by atoms with van der Waals surface area (Å²) >= 11 is 7.82. The molecule has 1 heterocycles. The summed E-state index contributed by atoms with van der Waals surface area (Å²) in [6.07, 6.45) is 3.56. The van der Waals surface area contributed by atoms with E-state index in [2.05, 4.69) is 28.3 Å². The first-order valence-electron chi connectivity index (χ1n) is 5.46. The van der Waals surface area contributed by atoms with Gasteiger partial charge in [0.2, 0.25) is 0 Å². The van der Waals surface area contributed by atoms with Crippen molar-refractivity contribution in [2.24, 2.45) is 0 Å². The number of nitrogens with zero attached hydrogens (tertiary/aromatic N) is 1. The third-order valence-electron chi connectivity index (χ3n) is 2.31. The second-order valence-corrected chi connectivity index (χ2v) is 4.93. The summed E-state index contributed by atoms with van der Waals surface area (Å²) in [5.41, 5.74) is 1.12. The van der Waals surface area contributed by atoms with E-state index in [-0.39, 0.29) is 0 Å². The van der Waals surface area contributed by atoms with Crippen molar-refractivity contribution >= 4 is 23.4 Å². The molecule has 90 valence electrons. The Morgan fingerprint density at radius 3 is 3.06 bits per heavy atom. The minimum Gasteiger partial charge on any atom is -0.339 e. The van der Waals surface area contributed by atoms with Gasteiger partial charge in [-0.05, 0) is 24.2 Å². The Morgan fingerprint density at radius 1 is 1.47 bits per heavy atom. The molecular formula is C12H14ClN3S. The number of hydrogen-bond donors (Lipinski definition) is 2. The lowest BCUT2D eigenvalue weighted by Gasteiger charge is -2.10. The summed E-state index contributed by atoms with van der Waals surface area (Å²) in [5, 5.41) is 4.97. The molecule has 0 atom stereocenters. The first-order chi connectivity index (χ1) is 8.31. The number of rotatable bonds is 5. The standard InChI is InChI=1S/C12H14ClN3S/c1-2-14-8-9-10(13)4-3-5-11(9)17-12-15-6-7-16-12/h3-7,14H,2,8H2,1H3,(H,15,16). The van der Waals surface area contributed by atoms with Crippen LogP contribution >= 0.6 is 23.4 Å². The summed E-state index contributed by atoms with van der Waals surface area (Å²) in [7, 11) is 0. The predicted octanol–water partition coefficient (Wildman–Crippen LogP) is 3.32. The minimum atomic E-state index is 0.777. The fourth-order valence-corrected chi connectivity index (χ4v) is 2.66. The highest BCUT2D eigenvalue weighted by molar-refractivity contribution is 7.99. The molecule has 0 amide bonds. The second kappa shape index (κ2) is 6.10. The Morgan fingerprint density at radius 2 is 2.35 bits per heavy atom.